The molecule has 0 N–H and O–H groups in total. The summed E-state index contributed by atoms with van der Waals surface area (Å²) in [5, 5.41) is 3.77. The van der Waals surface area contributed by atoms with Gasteiger partial charge in [0.05, 0.1) is 11.7 Å². The lowest BCUT2D eigenvalue weighted by Crippen LogP contribution is -2.32. The van der Waals surface area contributed by atoms with Gasteiger partial charge in [0.25, 0.3) is 0 Å². The molecule has 9 heteroatoms. The van der Waals surface area contributed by atoms with E-state index in [1.54, 1.807) is 19.2 Å². The lowest BCUT2D eigenvalue weighted by atomic mass is 9.99. The zero-order valence-corrected chi connectivity index (χ0v) is 17.9. The van der Waals surface area contributed by atoms with Crippen LogP contribution in [0.2, 0.25) is 0 Å². The van der Waals surface area contributed by atoms with Gasteiger partial charge < -0.3 is 14.3 Å². The minimum absolute atomic E-state index is 0.00793. The number of halogens is 1. The van der Waals surface area contributed by atoms with E-state index >= 15 is 0 Å². The highest BCUT2D eigenvalue weighted by molar-refractivity contribution is 5.78. The molecular weight excluding hydrogens is 399 g/mol. The number of likely N-dealkylation sites (tertiary alicyclic amines) is 1. The van der Waals surface area contributed by atoms with Crippen molar-refractivity contribution in [2.45, 2.75) is 38.6 Å². The molecule has 0 saturated carbocycles. The summed E-state index contributed by atoms with van der Waals surface area (Å²) in [6.45, 7) is 2.40. The molecule has 1 saturated heterocycles. The van der Waals surface area contributed by atoms with Crippen LogP contribution in [-0.4, -0.2) is 51.6 Å². The first-order valence-corrected chi connectivity index (χ1v) is 10.3. The van der Waals surface area contributed by atoms with Crippen LogP contribution in [0, 0.1) is 12.7 Å². The third-order valence-electron chi connectivity index (χ3n) is 5.35. The van der Waals surface area contributed by atoms with E-state index in [-0.39, 0.29) is 24.2 Å². The molecule has 0 spiro atoms. The lowest BCUT2D eigenvalue weighted by molar-refractivity contribution is -0.132. The Balaban J connectivity index is 1.64. The van der Waals surface area contributed by atoms with Crippen LogP contribution in [0.5, 0.6) is 0 Å². The summed E-state index contributed by atoms with van der Waals surface area (Å²) in [6.07, 6.45) is 4.05. The largest absolute Gasteiger partial charge is 0.347 e. The van der Waals surface area contributed by atoms with E-state index in [4.69, 9.17) is 9.51 Å². The molecule has 31 heavy (non-hydrogen) atoms. The second-order valence-electron chi connectivity index (χ2n) is 7.85. The van der Waals surface area contributed by atoms with Crippen molar-refractivity contribution in [3.8, 4) is 11.1 Å². The molecule has 4 rings (SSSR count). The summed E-state index contributed by atoms with van der Waals surface area (Å²) in [5.41, 5.74) is 2.17. The predicted octanol–water partition coefficient (Wildman–Crippen LogP) is 3.34. The second kappa shape index (κ2) is 8.79. The monoisotopic (exact) mass is 424 g/mol. The second-order valence-corrected chi connectivity index (χ2v) is 7.85. The van der Waals surface area contributed by atoms with Crippen LogP contribution in [0.25, 0.3) is 11.1 Å². The average Bonchev–Trinajstić information content (AvgIpc) is 3.40. The highest BCUT2D eigenvalue weighted by atomic mass is 19.1. The van der Waals surface area contributed by atoms with Gasteiger partial charge in [-0.15, -0.1) is 0 Å². The first-order valence-electron chi connectivity index (χ1n) is 10.3. The maximum absolute atomic E-state index is 13.9. The standard InChI is InChI=1S/C22H25FN6O2/c1-14-25-19(31-27-14)9-10-20(30)29-11-5-8-18(29)21-17(13-24-22(26-21)28(2)3)15-6-4-7-16(23)12-15/h4,6-7,12-13,18H,5,8-11H2,1-3H3/t18-/m1/s1. The van der Waals surface area contributed by atoms with E-state index in [0.29, 0.717) is 36.2 Å². The first-order chi connectivity index (χ1) is 14.9. The Morgan fingerprint density at radius 1 is 1.32 bits per heavy atom. The fourth-order valence-electron chi connectivity index (χ4n) is 3.88. The Morgan fingerprint density at radius 3 is 2.87 bits per heavy atom. The molecule has 1 aliphatic rings. The van der Waals surface area contributed by atoms with Crippen LogP contribution in [0.1, 0.15) is 42.7 Å². The van der Waals surface area contributed by atoms with Gasteiger partial charge >= 0.3 is 0 Å². The Kier molecular flexibility index (Phi) is 5.92. The van der Waals surface area contributed by atoms with Gasteiger partial charge in [0.15, 0.2) is 5.82 Å². The molecule has 2 aromatic heterocycles. The minimum atomic E-state index is -0.325. The predicted molar refractivity (Wildman–Crippen MR) is 113 cm³/mol. The summed E-state index contributed by atoms with van der Waals surface area (Å²) in [7, 11) is 3.73. The number of benzene rings is 1. The number of rotatable bonds is 6. The molecule has 1 amide bonds. The number of hydrogen-bond acceptors (Lipinski definition) is 7. The van der Waals surface area contributed by atoms with Crippen LogP contribution < -0.4 is 4.90 Å². The molecular formula is C22H25FN6O2. The van der Waals surface area contributed by atoms with E-state index in [2.05, 4.69) is 15.1 Å². The molecule has 3 heterocycles. The van der Waals surface area contributed by atoms with E-state index < -0.39 is 0 Å². The number of carbonyl (C=O) groups is 1. The number of nitrogens with zero attached hydrogens (tertiary/aromatic N) is 6. The van der Waals surface area contributed by atoms with Gasteiger partial charge in [-0.05, 0) is 37.5 Å². The third-order valence-corrected chi connectivity index (χ3v) is 5.35. The van der Waals surface area contributed by atoms with Crippen molar-refractivity contribution in [2.24, 2.45) is 0 Å². The molecule has 162 valence electrons. The molecule has 0 aliphatic carbocycles. The highest BCUT2D eigenvalue weighted by Gasteiger charge is 2.33. The number of aryl methyl sites for hydroxylation is 2. The first kappa shape index (κ1) is 20.9. The smallest absolute Gasteiger partial charge is 0.227 e. The Bertz CT molecular complexity index is 1080. The maximum Gasteiger partial charge on any atom is 0.227 e. The fraction of sp³-hybridized carbons (Fsp3) is 0.409. The molecule has 8 nitrogen and oxygen atoms in total. The lowest BCUT2D eigenvalue weighted by Gasteiger charge is -2.27. The van der Waals surface area contributed by atoms with Crippen molar-refractivity contribution in [2.75, 3.05) is 25.5 Å². The summed E-state index contributed by atoms with van der Waals surface area (Å²) in [5.74, 6) is 1.25. The van der Waals surface area contributed by atoms with E-state index in [1.807, 2.05) is 30.0 Å². The van der Waals surface area contributed by atoms with E-state index in [0.717, 1.165) is 24.1 Å². The zero-order chi connectivity index (χ0) is 22.0. The highest BCUT2D eigenvalue weighted by Crippen LogP contribution is 2.37. The maximum atomic E-state index is 13.9. The average molecular weight is 424 g/mol. The number of amides is 1. The summed E-state index contributed by atoms with van der Waals surface area (Å²) in [6, 6.07) is 6.17. The van der Waals surface area contributed by atoms with Crippen LogP contribution in [0.4, 0.5) is 10.3 Å². The topological polar surface area (TPSA) is 88.3 Å². The SMILES string of the molecule is Cc1noc(CCC(=O)N2CCC[C@@H]2c2nc(N(C)C)ncc2-c2cccc(F)c2)n1. The van der Waals surface area contributed by atoms with Crippen molar-refractivity contribution < 1.29 is 13.7 Å². The summed E-state index contributed by atoms with van der Waals surface area (Å²) in [4.78, 5) is 30.1. The van der Waals surface area contributed by atoms with Crippen LogP contribution in [-0.2, 0) is 11.2 Å². The summed E-state index contributed by atoms with van der Waals surface area (Å²) < 4.78 is 19.0. The molecule has 3 aromatic rings. The fourth-order valence-corrected chi connectivity index (χ4v) is 3.88. The van der Waals surface area contributed by atoms with Gasteiger partial charge in [-0.25, -0.2) is 14.4 Å². The summed E-state index contributed by atoms with van der Waals surface area (Å²) >= 11 is 0. The Hall–Kier alpha value is -3.36. The van der Waals surface area contributed by atoms with Crippen molar-refractivity contribution >= 4 is 11.9 Å². The molecule has 0 unspecified atom stereocenters. The Labute approximate surface area is 180 Å². The number of carbonyl (C=O) groups excluding carboxylic acids is 1. The van der Waals surface area contributed by atoms with E-state index in [1.165, 1.54) is 12.1 Å². The number of aromatic nitrogens is 4. The molecule has 1 aromatic carbocycles. The molecule has 1 atom stereocenters. The normalized spacial score (nSPS) is 16.0. The van der Waals surface area contributed by atoms with Crippen molar-refractivity contribution in [3.63, 3.8) is 0 Å². The van der Waals surface area contributed by atoms with Gasteiger partial charge in [0.1, 0.15) is 5.82 Å². The van der Waals surface area contributed by atoms with Gasteiger partial charge in [-0.2, -0.15) is 4.98 Å². The zero-order valence-electron chi connectivity index (χ0n) is 17.9. The minimum Gasteiger partial charge on any atom is -0.347 e. The van der Waals surface area contributed by atoms with Gasteiger partial charge in [0, 0.05) is 45.2 Å². The number of anilines is 1. The molecule has 0 radical (unpaired) electrons. The van der Waals surface area contributed by atoms with Gasteiger partial charge in [-0.3, -0.25) is 4.79 Å². The van der Waals surface area contributed by atoms with Gasteiger partial charge in [0.2, 0.25) is 17.7 Å². The molecule has 1 fully saturated rings. The van der Waals surface area contributed by atoms with E-state index in [9.17, 15) is 9.18 Å². The third kappa shape index (κ3) is 4.55. The van der Waals surface area contributed by atoms with Gasteiger partial charge in [-0.1, -0.05) is 17.3 Å². The Morgan fingerprint density at radius 2 is 2.16 bits per heavy atom. The van der Waals surface area contributed by atoms with Crippen LogP contribution in [0.15, 0.2) is 35.0 Å². The van der Waals surface area contributed by atoms with Crippen molar-refractivity contribution in [1.29, 1.82) is 0 Å². The van der Waals surface area contributed by atoms with Crippen molar-refractivity contribution in [3.05, 3.63) is 53.7 Å². The van der Waals surface area contributed by atoms with Crippen LogP contribution >= 0.6 is 0 Å². The number of hydrogen-bond donors (Lipinski definition) is 0. The molecule has 1 aliphatic heterocycles. The molecule has 0 bridgehead atoms. The van der Waals surface area contributed by atoms with Crippen LogP contribution in [0.3, 0.4) is 0 Å². The van der Waals surface area contributed by atoms with Crippen molar-refractivity contribution in [1.82, 2.24) is 25.0 Å². The quantitative estimate of drug-likeness (QED) is 0.600.